The van der Waals surface area contributed by atoms with Crippen LogP contribution in [0.3, 0.4) is 0 Å². The molecule has 0 radical (unpaired) electrons. The number of rotatable bonds is 5. The van der Waals surface area contributed by atoms with Crippen molar-refractivity contribution in [3.8, 4) is 5.75 Å². The molecule has 30 heavy (non-hydrogen) atoms. The van der Waals surface area contributed by atoms with Gasteiger partial charge in [0.25, 0.3) is 0 Å². The first-order chi connectivity index (χ1) is 14.5. The van der Waals surface area contributed by atoms with Crippen molar-refractivity contribution >= 4 is 29.2 Å². The standard InChI is InChI=1S/C18H20F2N4O2S.C3H6/c1-26-17-13(6-5-12(19)16(17)20)24-9-3-2-4-14(24)18(25)23-11-7-8-22-15(10-11)27-21;1-2-3-1/h5-8,10,14H,2-4,9,21H2,1H3,(H,22,23,25);1-3H2. The number of nitrogens with one attached hydrogen (secondary N) is 1. The third kappa shape index (κ3) is 5.60. The van der Waals surface area contributed by atoms with E-state index in [-0.39, 0.29) is 11.7 Å². The molecule has 6 nitrogen and oxygen atoms in total. The molecule has 1 amide bonds. The predicted molar refractivity (Wildman–Crippen MR) is 115 cm³/mol. The van der Waals surface area contributed by atoms with Crippen molar-refractivity contribution in [3.05, 3.63) is 42.1 Å². The lowest BCUT2D eigenvalue weighted by molar-refractivity contribution is -0.117. The number of piperidine rings is 1. The minimum atomic E-state index is -1.06. The number of amides is 1. The highest BCUT2D eigenvalue weighted by molar-refractivity contribution is 7.97. The summed E-state index contributed by atoms with van der Waals surface area (Å²) >= 11 is 0.984. The van der Waals surface area contributed by atoms with Crippen LogP contribution in [-0.4, -0.2) is 30.6 Å². The lowest BCUT2D eigenvalue weighted by Crippen LogP contribution is -2.47. The van der Waals surface area contributed by atoms with E-state index in [0.29, 0.717) is 29.4 Å². The molecule has 1 saturated carbocycles. The third-order valence-corrected chi connectivity index (χ3v) is 5.29. The van der Waals surface area contributed by atoms with Gasteiger partial charge in [0, 0.05) is 18.4 Å². The van der Waals surface area contributed by atoms with Gasteiger partial charge in [0.2, 0.25) is 11.7 Å². The summed E-state index contributed by atoms with van der Waals surface area (Å²) in [4.78, 5) is 18.7. The molecule has 1 aliphatic heterocycles. The Morgan fingerprint density at radius 2 is 2.00 bits per heavy atom. The lowest BCUT2D eigenvalue weighted by atomic mass is 10.00. The topological polar surface area (TPSA) is 80.5 Å². The maximum Gasteiger partial charge on any atom is 0.247 e. The SMILES string of the molecule is C1CC1.COc1c(N2CCCCC2C(=O)Nc2ccnc(SN)c2)ccc(F)c1F. The molecule has 4 rings (SSSR count). The van der Waals surface area contributed by atoms with Gasteiger partial charge >= 0.3 is 0 Å². The summed E-state index contributed by atoms with van der Waals surface area (Å²) in [6.07, 6.45) is 8.36. The van der Waals surface area contributed by atoms with Crippen molar-refractivity contribution in [1.82, 2.24) is 4.98 Å². The van der Waals surface area contributed by atoms with Crippen molar-refractivity contribution in [2.45, 2.75) is 49.6 Å². The van der Waals surface area contributed by atoms with Crippen LogP contribution in [-0.2, 0) is 4.79 Å². The zero-order valence-corrected chi connectivity index (χ0v) is 17.7. The maximum absolute atomic E-state index is 14.1. The summed E-state index contributed by atoms with van der Waals surface area (Å²) in [5.74, 6) is -2.48. The van der Waals surface area contributed by atoms with Crippen molar-refractivity contribution in [3.63, 3.8) is 0 Å². The van der Waals surface area contributed by atoms with Gasteiger partial charge in [-0.1, -0.05) is 19.3 Å². The molecule has 2 heterocycles. The van der Waals surface area contributed by atoms with Gasteiger partial charge in [-0.05, 0) is 55.5 Å². The van der Waals surface area contributed by atoms with Crippen LogP contribution in [0, 0.1) is 11.6 Å². The minimum absolute atomic E-state index is 0.194. The summed E-state index contributed by atoms with van der Waals surface area (Å²) in [6.45, 7) is 0.541. The van der Waals surface area contributed by atoms with Gasteiger partial charge in [-0.2, -0.15) is 4.39 Å². The zero-order chi connectivity index (χ0) is 21.5. The van der Waals surface area contributed by atoms with Gasteiger partial charge < -0.3 is 15.0 Å². The first kappa shape index (κ1) is 22.3. The number of methoxy groups -OCH3 is 1. The number of anilines is 2. The van der Waals surface area contributed by atoms with Gasteiger partial charge in [-0.3, -0.25) is 9.93 Å². The molecular formula is C21H26F2N4O2S. The molecule has 1 aromatic heterocycles. The molecule has 0 bridgehead atoms. The molecule has 162 valence electrons. The quantitative estimate of drug-likeness (QED) is 0.672. The van der Waals surface area contributed by atoms with E-state index < -0.39 is 17.7 Å². The summed E-state index contributed by atoms with van der Waals surface area (Å²) in [6, 6.07) is 5.30. The highest BCUT2D eigenvalue weighted by Gasteiger charge is 2.32. The van der Waals surface area contributed by atoms with Crippen LogP contribution in [0.5, 0.6) is 5.75 Å². The van der Waals surface area contributed by atoms with Crippen LogP contribution in [0.25, 0.3) is 0 Å². The van der Waals surface area contributed by atoms with Crippen LogP contribution in [0.1, 0.15) is 38.5 Å². The van der Waals surface area contributed by atoms with Gasteiger partial charge in [-0.25, -0.2) is 9.37 Å². The number of halogens is 2. The molecule has 1 aromatic carbocycles. The molecule has 2 fully saturated rings. The molecule has 1 aliphatic carbocycles. The Hall–Kier alpha value is -2.39. The molecular weight excluding hydrogens is 410 g/mol. The molecule has 9 heteroatoms. The molecule has 2 aromatic rings. The Morgan fingerprint density at radius 3 is 2.67 bits per heavy atom. The van der Waals surface area contributed by atoms with Crippen molar-refractivity contribution < 1.29 is 18.3 Å². The largest absolute Gasteiger partial charge is 0.491 e. The number of benzene rings is 1. The van der Waals surface area contributed by atoms with Crippen LogP contribution in [0.15, 0.2) is 35.5 Å². The Bertz CT molecular complexity index is 879. The average Bonchev–Trinajstić information content (AvgIpc) is 3.65. The Labute approximate surface area is 179 Å². The molecule has 1 unspecified atom stereocenters. The number of carbonyl (C=O) groups excluding carboxylic acids is 1. The Morgan fingerprint density at radius 1 is 1.23 bits per heavy atom. The summed E-state index contributed by atoms with van der Waals surface area (Å²) in [5, 5.41) is 8.93. The summed E-state index contributed by atoms with van der Waals surface area (Å²) < 4.78 is 32.8. The fourth-order valence-corrected chi connectivity index (χ4v) is 3.53. The van der Waals surface area contributed by atoms with E-state index in [0.717, 1.165) is 30.9 Å². The van der Waals surface area contributed by atoms with E-state index in [1.54, 1.807) is 23.2 Å². The molecule has 2 aliphatic rings. The summed E-state index contributed by atoms with van der Waals surface area (Å²) in [5.41, 5.74) is 0.940. The second-order valence-corrected chi connectivity index (χ2v) is 7.82. The first-order valence-corrected chi connectivity index (χ1v) is 10.9. The Kier molecular flexibility index (Phi) is 7.87. The number of nitrogens with two attached hydrogens (primary N) is 1. The lowest BCUT2D eigenvalue weighted by Gasteiger charge is -2.37. The first-order valence-electron chi connectivity index (χ1n) is 9.97. The fraction of sp³-hybridized carbons (Fsp3) is 0.429. The molecule has 1 saturated heterocycles. The van der Waals surface area contributed by atoms with Crippen molar-refractivity contribution in [2.24, 2.45) is 5.14 Å². The number of aromatic nitrogens is 1. The number of carbonyl (C=O) groups is 1. The Balaban J connectivity index is 0.000000782. The highest BCUT2D eigenvalue weighted by atomic mass is 32.2. The monoisotopic (exact) mass is 436 g/mol. The average molecular weight is 437 g/mol. The second kappa shape index (κ2) is 10.6. The normalized spacial score (nSPS) is 17.6. The van der Waals surface area contributed by atoms with Crippen LogP contribution in [0.4, 0.5) is 20.2 Å². The van der Waals surface area contributed by atoms with E-state index in [2.05, 4.69) is 10.3 Å². The van der Waals surface area contributed by atoms with Crippen molar-refractivity contribution in [1.29, 1.82) is 0 Å². The smallest absolute Gasteiger partial charge is 0.247 e. The van der Waals surface area contributed by atoms with Gasteiger partial charge in [0.05, 0.1) is 12.8 Å². The van der Waals surface area contributed by atoms with Gasteiger partial charge in [0.1, 0.15) is 11.1 Å². The van der Waals surface area contributed by atoms with E-state index >= 15 is 0 Å². The fourth-order valence-electron chi connectivity index (χ4n) is 3.21. The van der Waals surface area contributed by atoms with Crippen LogP contribution < -0.4 is 20.1 Å². The third-order valence-electron chi connectivity index (χ3n) is 4.82. The molecule has 0 spiro atoms. The van der Waals surface area contributed by atoms with Crippen LogP contribution >= 0.6 is 11.9 Å². The summed E-state index contributed by atoms with van der Waals surface area (Å²) in [7, 11) is 1.28. The van der Waals surface area contributed by atoms with E-state index in [1.807, 2.05) is 0 Å². The maximum atomic E-state index is 14.1. The van der Waals surface area contributed by atoms with Crippen molar-refractivity contribution in [2.75, 3.05) is 23.9 Å². The number of hydrogen-bond donors (Lipinski definition) is 2. The molecule has 1 atom stereocenters. The minimum Gasteiger partial charge on any atom is -0.491 e. The number of pyridine rings is 1. The number of ether oxygens (including phenoxy) is 1. The van der Waals surface area contributed by atoms with E-state index in [1.165, 1.54) is 32.4 Å². The second-order valence-electron chi connectivity index (χ2n) is 7.17. The van der Waals surface area contributed by atoms with Gasteiger partial charge in [-0.15, -0.1) is 0 Å². The van der Waals surface area contributed by atoms with E-state index in [9.17, 15) is 13.6 Å². The highest BCUT2D eigenvalue weighted by Crippen LogP contribution is 2.36. The zero-order valence-electron chi connectivity index (χ0n) is 16.9. The number of nitrogens with zero attached hydrogens (tertiary/aromatic N) is 2. The van der Waals surface area contributed by atoms with E-state index in [4.69, 9.17) is 9.88 Å². The van der Waals surface area contributed by atoms with Gasteiger partial charge in [0.15, 0.2) is 11.6 Å². The predicted octanol–water partition coefficient (Wildman–Crippen LogP) is 4.50. The number of hydrogen-bond acceptors (Lipinski definition) is 6. The van der Waals surface area contributed by atoms with Crippen LogP contribution in [0.2, 0.25) is 0 Å². The molecule has 3 N–H and O–H groups in total.